The van der Waals surface area contributed by atoms with Crippen molar-refractivity contribution in [3.8, 4) is 22.8 Å². The highest BCUT2D eigenvalue weighted by Gasteiger charge is 2.26. The van der Waals surface area contributed by atoms with E-state index in [-0.39, 0.29) is 0 Å². The lowest BCUT2D eigenvalue weighted by molar-refractivity contribution is 0.845. The first kappa shape index (κ1) is 23.0. The van der Waals surface area contributed by atoms with Crippen LogP contribution in [0.4, 0.5) is 0 Å². The Hall–Kier alpha value is -7.36. The molecule has 16 nitrogen and oxygen atoms in total. The molecule has 9 bridgehead atoms. The minimum absolute atomic E-state index is 0.391. The van der Waals surface area contributed by atoms with Crippen molar-refractivity contribution in [3.05, 3.63) is 54.6 Å². The molecule has 218 valence electrons. The van der Waals surface area contributed by atoms with E-state index in [1.165, 1.54) is 0 Å². The molecule has 16 heteroatoms. The highest BCUT2D eigenvalue weighted by atomic mass is 15.4. The monoisotopic (exact) mass is 618 g/mol. The van der Waals surface area contributed by atoms with Crippen LogP contribution in [-0.4, -0.2) is 80.3 Å². The second kappa shape index (κ2) is 7.53. The lowest BCUT2D eigenvalue weighted by atomic mass is 10.1. The van der Waals surface area contributed by atoms with Gasteiger partial charge in [0.05, 0.1) is 16.2 Å². The molecule has 4 aromatic carbocycles. The number of aromatic amines is 1. The fourth-order valence-corrected chi connectivity index (χ4v) is 7.13. The van der Waals surface area contributed by atoms with Crippen molar-refractivity contribution < 1.29 is 0 Å². The van der Waals surface area contributed by atoms with E-state index in [9.17, 15) is 0 Å². The fourth-order valence-electron chi connectivity index (χ4n) is 7.13. The van der Waals surface area contributed by atoms with Crippen LogP contribution in [0.25, 0.3) is 128 Å². The Kier molecular flexibility index (Phi) is 3.62. The summed E-state index contributed by atoms with van der Waals surface area (Å²) in [5.74, 6) is 0.968. The van der Waals surface area contributed by atoms with Crippen LogP contribution in [0.2, 0.25) is 0 Å². The maximum Gasteiger partial charge on any atom is 0.168 e. The fraction of sp³-hybridized carbons (Fsp3) is 0. The van der Waals surface area contributed by atoms with E-state index in [0.717, 1.165) is 21.9 Å². The lowest BCUT2D eigenvalue weighted by Gasteiger charge is -2.03. The molecule has 1 aliphatic heterocycles. The van der Waals surface area contributed by atoms with Gasteiger partial charge in [-0.2, -0.15) is 4.52 Å². The second-order valence-electron chi connectivity index (χ2n) is 11.8. The smallest absolute Gasteiger partial charge is 0.168 e. The van der Waals surface area contributed by atoms with E-state index in [0.29, 0.717) is 106 Å². The molecule has 0 spiro atoms. The molecule has 12 aromatic rings. The Labute approximate surface area is 262 Å². The minimum Gasteiger partial charge on any atom is -0.324 e. The molecule has 0 unspecified atom stereocenters. The van der Waals surface area contributed by atoms with Gasteiger partial charge in [0.15, 0.2) is 34.2 Å². The first-order valence-electron chi connectivity index (χ1n) is 14.9. The van der Waals surface area contributed by atoms with Gasteiger partial charge in [0.25, 0.3) is 0 Å². The van der Waals surface area contributed by atoms with Crippen molar-refractivity contribution in [2.45, 2.75) is 0 Å². The van der Waals surface area contributed by atoms with Crippen LogP contribution >= 0.6 is 0 Å². The Balaban J connectivity index is 1.46. The van der Waals surface area contributed by atoms with Crippen LogP contribution in [0, 0.1) is 0 Å². The summed E-state index contributed by atoms with van der Waals surface area (Å²) in [4.78, 5) is 33.9. The zero-order valence-electron chi connectivity index (χ0n) is 23.9. The molecular weight excluding hydrogens is 608 g/mol. The molecule has 9 heterocycles. The Morgan fingerprint density at radius 3 is 1.81 bits per heavy atom. The van der Waals surface area contributed by atoms with Crippen LogP contribution in [-0.2, 0) is 0 Å². The van der Waals surface area contributed by atoms with Gasteiger partial charge in [-0.3, -0.25) is 0 Å². The topological polar surface area (TPSA) is 201 Å². The summed E-state index contributed by atoms with van der Waals surface area (Å²) in [5.41, 5.74) is 8.01. The number of nitrogens with one attached hydrogen (secondary N) is 1. The molecule has 48 heavy (non-hydrogen) atoms. The van der Waals surface area contributed by atoms with Crippen LogP contribution in [0.15, 0.2) is 54.6 Å². The van der Waals surface area contributed by atoms with Gasteiger partial charge in [-0.15, -0.1) is 35.7 Å². The SMILES string of the molecule is c1ccc2c(c1)-c1nc-2nc2c3ccccc3c3nc4nc5nc6[nH]c(n1)c1c(nnn23)c2nnc2c(nnc2c3nnc3cc4c52)c61. The molecule has 0 saturated heterocycles. The zero-order chi connectivity index (χ0) is 30.8. The molecule has 0 fully saturated rings. The summed E-state index contributed by atoms with van der Waals surface area (Å²) in [6.07, 6.45) is 0. The van der Waals surface area contributed by atoms with E-state index in [2.05, 4.69) is 25.4 Å². The molecule has 0 amide bonds. The summed E-state index contributed by atoms with van der Waals surface area (Å²) < 4.78 is 1.63. The molecule has 0 radical (unpaired) electrons. The van der Waals surface area contributed by atoms with Gasteiger partial charge < -0.3 is 4.98 Å². The Morgan fingerprint density at radius 1 is 0.458 bits per heavy atom. The number of hydrogen-bond acceptors (Lipinski definition) is 14. The number of fused-ring (bicyclic) bond motifs is 15. The van der Waals surface area contributed by atoms with Crippen molar-refractivity contribution in [1.82, 2.24) is 80.3 Å². The summed E-state index contributed by atoms with van der Waals surface area (Å²) in [5, 5.41) is 40.7. The van der Waals surface area contributed by atoms with Crippen molar-refractivity contribution in [2.75, 3.05) is 0 Å². The normalized spacial score (nSPS) is 13.0. The van der Waals surface area contributed by atoms with Crippen LogP contribution in [0.3, 0.4) is 0 Å². The molecule has 13 rings (SSSR count). The molecule has 8 aromatic heterocycles. The predicted molar refractivity (Wildman–Crippen MR) is 174 cm³/mol. The van der Waals surface area contributed by atoms with Gasteiger partial charge in [0.2, 0.25) is 0 Å². The first-order valence-corrected chi connectivity index (χ1v) is 14.9. The lowest BCUT2D eigenvalue weighted by Crippen LogP contribution is -1.99. The maximum absolute atomic E-state index is 5.17. The van der Waals surface area contributed by atoms with Crippen LogP contribution < -0.4 is 0 Å². The Bertz CT molecular complexity index is 3480. The molecular formula is C32H10N16. The summed E-state index contributed by atoms with van der Waals surface area (Å²) >= 11 is 0. The average molecular weight is 619 g/mol. The zero-order valence-corrected chi connectivity index (χ0v) is 23.9. The number of rotatable bonds is 0. The van der Waals surface area contributed by atoms with E-state index >= 15 is 0 Å². The molecule has 0 atom stereocenters. The number of benzene rings is 4. The average Bonchev–Trinajstić information content (AvgIpc) is 3.78. The van der Waals surface area contributed by atoms with Gasteiger partial charge in [0, 0.05) is 27.3 Å². The Morgan fingerprint density at radius 2 is 1.08 bits per heavy atom. The van der Waals surface area contributed by atoms with Gasteiger partial charge in [0.1, 0.15) is 49.9 Å². The van der Waals surface area contributed by atoms with E-state index in [1.54, 1.807) is 4.52 Å². The van der Waals surface area contributed by atoms with Gasteiger partial charge in [-0.25, -0.2) is 29.9 Å². The summed E-state index contributed by atoms with van der Waals surface area (Å²) in [7, 11) is 0. The van der Waals surface area contributed by atoms with E-state index in [1.807, 2.05) is 54.6 Å². The number of aromatic nitrogens is 16. The maximum atomic E-state index is 5.17. The van der Waals surface area contributed by atoms with Gasteiger partial charge >= 0.3 is 0 Å². The summed E-state index contributed by atoms with van der Waals surface area (Å²) in [6, 6.07) is 17.6. The number of nitrogens with zero attached hydrogens (tertiary/aromatic N) is 15. The van der Waals surface area contributed by atoms with Crippen LogP contribution in [0.5, 0.6) is 0 Å². The standard InChI is InChI=1S/C32H10N16/c1-2-6-11-10(5-1)25-33-26(11)38-31-12-7-3-4-8-13(12)32-39-27-14-9-15-19(41-40-15)20-16(14)28(35-27)36-30-17-18(29(34-25)37-30)22(46-47-48(31)32)24-23(44-45-24)21(17)43-42-20/h1-9H,(H,33,34,35,36,37,38,39). The van der Waals surface area contributed by atoms with Gasteiger partial charge in [-0.1, -0.05) is 53.7 Å². The highest BCUT2D eigenvalue weighted by molar-refractivity contribution is 6.30. The minimum atomic E-state index is 0.391. The quantitative estimate of drug-likeness (QED) is 0.252. The number of hydrogen-bond donors (Lipinski definition) is 1. The third-order valence-electron chi connectivity index (χ3n) is 9.32. The van der Waals surface area contributed by atoms with Crippen molar-refractivity contribution >= 4 is 105 Å². The van der Waals surface area contributed by atoms with E-state index < -0.39 is 0 Å². The largest absolute Gasteiger partial charge is 0.324 e. The third kappa shape index (κ3) is 2.55. The first-order chi connectivity index (χ1) is 23.8. The van der Waals surface area contributed by atoms with Crippen molar-refractivity contribution in [3.63, 3.8) is 0 Å². The molecule has 1 N–H and O–H groups in total. The second-order valence-corrected chi connectivity index (χ2v) is 11.8. The van der Waals surface area contributed by atoms with Crippen LogP contribution in [0.1, 0.15) is 0 Å². The third-order valence-corrected chi connectivity index (χ3v) is 9.32. The van der Waals surface area contributed by atoms with Crippen molar-refractivity contribution in [2.24, 2.45) is 0 Å². The molecule has 0 aliphatic carbocycles. The predicted octanol–water partition coefficient (Wildman–Crippen LogP) is 4.26. The molecule has 1 aliphatic rings. The molecule has 0 saturated carbocycles. The van der Waals surface area contributed by atoms with Crippen molar-refractivity contribution in [1.29, 1.82) is 0 Å². The highest BCUT2D eigenvalue weighted by Crippen LogP contribution is 2.39. The number of H-pyrrole nitrogens is 1. The van der Waals surface area contributed by atoms with E-state index in [4.69, 9.17) is 50.4 Å². The van der Waals surface area contributed by atoms with Gasteiger partial charge in [-0.05, 0) is 6.07 Å². The summed E-state index contributed by atoms with van der Waals surface area (Å²) in [6.45, 7) is 0.